The lowest BCUT2D eigenvalue weighted by atomic mass is 10.1. The van der Waals surface area contributed by atoms with Crippen LogP contribution in [0.1, 0.15) is 23.1 Å². The van der Waals surface area contributed by atoms with E-state index in [1.165, 1.54) is 41.6 Å². The van der Waals surface area contributed by atoms with Crippen LogP contribution in [-0.4, -0.2) is 4.98 Å². The number of aromatic nitrogens is 1. The van der Waals surface area contributed by atoms with E-state index in [2.05, 4.69) is 50.5 Å². The molecule has 0 bridgehead atoms. The Morgan fingerprint density at radius 3 is 2.89 bits per heavy atom. The molecule has 2 aromatic rings. The van der Waals surface area contributed by atoms with Crippen LogP contribution in [0, 0.1) is 0 Å². The molecule has 0 unspecified atom stereocenters. The van der Waals surface area contributed by atoms with Gasteiger partial charge in [-0.25, -0.2) is 0 Å². The van der Waals surface area contributed by atoms with Crippen molar-refractivity contribution in [2.24, 2.45) is 0 Å². The van der Waals surface area contributed by atoms with E-state index >= 15 is 0 Å². The molecule has 3 heteroatoms. The Bertz CT molecular complexity index is 566. The topological polar surface area (TPSA) is 24.9 Å². The van der Waals surface area contributed by atoms with Crippen molar-refractivity contribution in [2.45, 2.75) is 25.8 Å². The maximum absolute atomic E-state index is 4.17. The molecule has 0 aliphatic heterocycles. The molecule has 1 aliphatic rings. The molecule has 92 valence electrons. The molecular formula is C15H15BrN2. The fourth-order valence-electron chi connectivity index (χ4n) is 2.44. The molecule has 3 rings (SSSR count). The van der Waals surface area contributed by atoms with Crippen LogP contribution < -0.4 is 5.32 Å². The highest BCUT2D eigenvalue weighted by Gasteiger charge is 2.10. The average molecular weight is 303 g/mol. The van der Waals surface area contributed by atoms with E-state index in [-0.39, 0.29) is 0 Å². The minimum Gasteiger partial charge on any atom is -0.381 e. The van der Waals surface area contributed by atoms with Crippen molar-refractivity contribution in [1.29, 1.82) is 0 Å². The molecular weight excluding hydrogens is 288 g/mol. The number of benzene rings is 1. The van der Waals surface area contributed by atoms with Crippen LogP contribution in [0.3, 0.4) is 0 Å². The minimum absolute atomic E-state index is 0.811. The first-order valence-electron chi connectivity index (χ1n) is 6.26. The maximum Gasteiger partial charge on any atom is 0.0416 e. The molecule has 0 atom stereocenters. The van der Waals surface area contributed by atoms with Gasteiger partial charge in [-0.1, -0.05) is 6.07 Å². The number of hydrogen-bond acceptors (Lipinski definition) is 2. The van der Waals surface area contributed by atoms with Crippen molar-refractivity contribution in [3.63, 3.8) is 0 Å². The van der Waals surface area contributed by atoms with E-state index < -0.39 is 0 Å². The Hall–Kier alpha value is -1.35. The third kappa shape index (κ3) is 2.56. The third-order valence-corrected chi connectivity index (χ3v) is 3.79. The van der Waals surface area contributed by atoms with Gasteiger partial charge in [-0.3, -0.25) is 4.98 Å². The number of rotatable bonds is 3. The summed E-state index contributed by atoms with van der Waals surface area (Å²) in [5, 5.41) is 3.46. The summed E-state index contributed by atoms with van der Waals surface area (Å²) >= 11 is 3.44. The number of anilines is 1. The van der Waals surface area contributed by atoms with Crippen molar-refractivity contribution in [2.75, 3.05) is 5.32 Å². The number of hydrogen-bond donors (Lipinski definition) is 1. The van der Waals surface area contributed by atoms with E-state index in [1.54, 1.807) is 6.20 Å². The lowest BCUT2D eigenvalue weighted by Crippen LogP contribution is -2.00. The first kappa shape index (κ1) is 11.7. The molecule has 0 radical (unpaired) electrons. The van der Waals surface area contributed by atoms with E-state index in [9.17, 15) is 0 Å². The predicted octanol–water partition coefficient (Wildman–Crippen LogP) is 3.94. The highest BCUT2D eigenvalue weighted by Crippen LogP contribution is 2.25. The van der Waals surface area contributed by atoms with E-state index in [1.807, 2.05) is 6.20 Å². The van der Waals surface area contributed by atoms with Crippen LogP contribution in [-0.2, 0) is 19.4 Å². The molecule has 0 fully saturated rings. The van der Waals surface area contributed by atoms with Gasteiger partial charge < -0.3 is 5.32 Å². The van der Waals surface area contributed by atoms with Crippen LogP contribution in [0.4, 0.5) is 5.69 Å². The van der Waals surface area contributed by atoms with Crippen LogP contribution in [0.5, 0.6) is 0 Å². The lowest BCUT2D eigenvalue weighted by Gasteiger charge is -2.08. The van der Waals surface area contributed by atoms with Crippen molar-refractivity contribution in [3.8, 4) is 0 Å². The monoisotopic (exact) mass is 302 g/mol. The maximum atomic E-state index is 4.17. The number of nitrogens with one attached hydrogen (secondary N) is 1. The molecule has 1 aromatic carbocycles. The van der Waals surface area contributed by atoms with Crippen molar-refractivity contribution < 1.29 is 0 Å². The molecule has 2 nitrogen and oxygen atoms in total. The molecule has 0 saturated heterocycles. The first-order chi connectivity index (χ1) is 8.81. The molecule has 1 aromatic heterocycles. The van der Waals surface area contributed by atoms with Crippen molar-refractivity contribution in [1.82, 2.24) is 4.98 Å². The van der Waals surface area contributed by atoms with Crippen molar-refractivity contribution >= 4 is 21.6 Å². The van der Waals surface area contributed by atoms with Crippen LogP contribution >= 0.6 is 15.9 Å². The molecule has 1 N–H and O–H groups in total. The summed E-state index contributed by atoms with van der Waals surface area (Å²) in [5.74, 6) is 0. The predicted molar refractivity (Wildman–Crippen MR) is 77.7 cm³/mol. The zero-order chi connectivity index (χ0) is 12.4. The van der Waals surface area contributed by atoms with Gasteiger partial charge in [0.05, 0.1) is 0 Å². The van der Waals surface area contributed by atoms with Gasteiger partial charge >= 0.3 is 0 Å². The highest BCUT2D eigenvalue weighted by atomic mass is 79.9. The van der Waals surface area contributed by atoms with Gasteiger partial charge in [0.1, 0.15) is 0 Å². The molecule has 18 heavy (non-hydrogen) atoms. The molecule has 0 amide bonds. The molecule has 1 heterocycles. The van der Waals surface area contributed by atoms with Gasteiger partial charge in [0, 0.05) is 29.1 Å². The Morgan fingerprint density at radius 2 is 2.00 bits per heavy atom. The summed E-state index contributed by atoms with van der Waals surface area (Å²) in [6, 6.07) is 8.81. The van der Waals surface area contributed by atoms with Gasteiger partial charge in [-0.15, -0.1) is 0 Å². The zero-order valence-electron chi connectivity index (χ0n) is 10.1. The average Bonchev–Trinajstić information content (AvgIpc) is 2.84. The second kappa shape index (κ2) is 5.11. The number of fused-ring (bicyclic) bond motifs is 1. The summed E-state index contributed by atoms with van der Waals surface area (Å²) in [7, 11) is 0. The normalized spacial score (nSPS) is 13.4. The summed E-state index contributed by atoms with van der Waals surface area (Å²) < 4.78 is 1.02. The number of aryl methyl sites for hydroxylation is 2. The van der Waals surface area contributed by atoms with E-state index in [0.717, 1.165) is 11.0 Å². The summed E-state index contributed by atoms with van der Waals surface area (Å²) in [6.45, 7) is 0.811. The smallest absolute Gasteiger partial charge is 0.0416 e. The second-order valence-corrected chi connectivity index (χ2v) is 5.62. The fraction of sp³-hybridized carbons (Fsp3) is 0.267. The Kier molecular flexibility index (Phi) is 3.33. The largest absolute Gasteiger partial charge is 0.381 e. The lowest BCUT2D eigenvalue weighted by molar-refractivity contribution is 0.912. The fourth-order valence-corrected chi connectivity index (χ4v) is 2.85. The number of pyridine rings is 1. The van der Waals surface area contributed by atoms with Crippen molar-refractivity contribution in [3.05, 3.63) is 57.8 Å². The Labute approximate surface area is 116 Å². The van der Waals surface area contributed by atoms with Gasteiger partial charge in [0.15, 0.2) is 0 Å². The summed E-state index contributed by atoms with van der Waals surface area (Å²) in [6.07, 6.45) is 7.47. The number of nitrogens with zero attached hydrogens (tertiary/aromatic N) is 1. The Morgan fingerprint density at radius 1 is 1.11 bits per heavy atom. The van der Waals surface area contributed by atoms with Gasteiger partial charge in [-0.05, 0) is 70.1 Å². The minimum atomic E-state index is 0.811. The van der Waals surface area contributed by atoms with Crippen LogP contribution in [0.2, 0.25) is 0 Å². The van der Waals surface area contributed by atoms with E-state index in [0.29, 0.717) is 0 Å². The van der Waals surface area contributed by atoms with E-state index in [4.69, 9.17) is 0 Å². The molecule has 1 aliphatic carbocycles. The standard InChI is InChI=1S/C15H15BrN2/c16-14-6-11(8-17-10-14)9-18-15-5-4-12-2-1-3-13(12)7-15/h4-8,10,18H,1-3,9H2. The van der Waals surface area contributed by atoms with Gasteiger partial charge in [0.2, 0.25) is 0 Å². The summed E-state index contributed by atoms with van der Waals surface area (Å²) in [5.41, 5.74) is 5.41. The van der Waals surface area contributed by atoms with Gasteiger partial charge in [0.25, 0.3) is 0 Å². The molecule has 0 saturated carbocycles. The zero-order valence-corrected chi connectivity index (χ0v) is 11.7. The SMILES string of the molecule is Brc1cncc(CNc2ccc3c(c2)CCC3)c1. The first-order valence-corrected chi connectivity index (χ1v) is 7.06. The number of halogens is 1. The van der Waals surface area contributed by atoms with Crippen LogP contribution in [0.25, 0.3) is 0 Å². The second-order valence-electron chi connectivity index (χ2n) is 4.70. The van der Waals surface area contributed by atoms with Gasteiger partial charge in [-0.2, -0.15) is 0 Å². The Balaban J connectivity index is 1.70. The quantitative estimate of drug-likeness (QED) is 0.929. The molecule has 0 spiro atoms. The summed E-state index contributed by atoms with van der Waals surface area (Å²) in [4.78, 5) is 4.17. The van der Waals surface area contributed by atoms with Crippen LogP contribution in [0.15, 0.2) is 41.1 Å². The highest BCUT2D eigenvalue weighted by molar-refractivity contribution is 9.10. The third-order valence-electron chi connectivity index (χ3n) is 3.36.